The number of hydrogen-bond acceptors (Lipinski definition) is 6. The average molecular weight is 266 g/mol. The minimum atomic E-state index is -0.342. The summed E-state index contributed by atoms with van der Waals surface area (Å²) in [4.78, 5) is 19.9. The molecule has 1 aromatic rings. The number of aromatic nitrogens is 2. The lowest BCUT2D eigenvalue weighted by molar-refractivity contribution is 0.0942. The summed E-state index contributed by atoms with van der Waals surface area (Å²) in [5, 5.41) is 2.77. The van der Waals surface area contributed by atoms with Crippen LogP contribution in [0.25, 0.3) is 0 Å². The minimum Gasteiger partial charge on any atom is -0.480 e. The van der Waals surface area contributed by atoms with Crippen LogP contribution in [-0.4, -0.2) is 42.7 Å². The Morgan fingerprint density at radius 3 is 2.47 bits per heavy atom. The van der Waals surface area contributed by atoms with Crippen molar-refractivity contribution in [2.45, 2.75) is 18.9 Å². The van der Waals surface area contributed by atoms with Crippen molar-refractivity contribution in [3.05, 3.63) is 11.9 Å². The van der Waals surface area contributed by atoms with Gasteiger partial charge >= 0.3 is 0 Å². The third-order valence-corrected chi connectivity index (χ3v) is 3.12. The molecule has 104 valence electrons. The normalized spacial score (nSPS) is 15.7. The van der Waals surface area contributed by atoms with Gasteiger partial charge in [0, 0.05) is 12.6 Å². The van der Waals surface area contributed by atoms with Gasteiger partial charge in [-0.25, -0.2) is 9.97 Å². The highest BCUT2D eigenvalue weighted by Gasteiger charge is 2.29. The van der Waals surface area contributed by atoms with Gasteiger partial charge in [0.05, 0.1) is 14.2 Å². The second kappa shape index (κ2) is 5.83. The Morgan fingerprint density at radius 1 is 1.42 bits per heavy atom. The molecule has 0 saturated heterocycles. The second-order valence-electron chi connectivity index (χ2n) is 4.48. The summed E-state index contributed by atoms with van der Waals surface area (Å²) in [6, 6.07) is -0.00873. The molecule has 1 heterocycles. The topological polar surface area (TPSA) is 99.4 Å². The Labute approximate surface area is 111 Å². The van der Waals surface area contributed by atoms with Gasteiger partial charge in [0.25, 0.3) is 5.91 Å². The van der Waals surface area contributed by atoms with Crippen LogP contribution in [0.15, 0.2) is 6.33 Å². The van der Waals surface area contributed by atoms with E-state index in [-0.39, 0.29) is 29.3 Å². The molecule has 1 aliphatic rings. The van der Waals surface area contributed by atoms with Crippen molar-refractivity contribution in [1.29, 1.82) is 0 Å². The van der Waals surface area contributed by atoms with Crippen LogP contribution in [0, 0.1) is 5.92 Å². The molecule has 1 saturated carbocycles. The van der Waals surface area contributed by atoms with Crippen molar-refractivity contribution >= 4 is 5.91 Å². The van der Waals surface area contributed by atoms with E-state index in [2.05, 4.69) is 15.3 Å². The van der Waals surface area contributed by atoms with E-state index in [4.69, 9.17) is 15.2 Å². The quantitative estimate of drug-likeness (QED) is 0.749. The summed E-state index contributed by atoms with van der Waals surface area (Å²) in [6.45, 7) is 0.421. The predicted octanol–water partition coefficient (Wildman–Crippen LogP) is -0.0391. The molecule has 19 heavy (non-hydrogen) atoms. The fraction of sp³-hybridized carbons (Fsp3) is 0.583. The molecule has 0 aliphatic heterocycles. The SMILES string of the molecule is COc1ncnc(OC)c1C(=O)NCC(N)C1CC1. The van der Waals surface area contributed by atoms with Gasteiger partial charge in [0.2, 0.25) is 11.8 Å². The number of hydrogen-bond donors (Lipinski definition) is 2. The largest absolute Gasteiger partial charge is 0.480 e. The van der Waals surface area contributed by atoms with Crippen molar-refractivity contribution in [2.75, 3.05) is 20.8 Å². The zero-order chi connectivity index (χ0) is 13.8. The van der Waals surface area contributed by atoms with Crippen molar-refractivity contribution in [1.82, 2.24) is 15.3 Å². The van der Waals surface area contributed by atoms with Crippen molar-refractivity contribution < 1.29 is 14.3 Å². The molecule has 0 aromatic carbocycles. The lowest BCUT2D eigenvalue weighted by atomic mass is 10.2. The summed E-state index contributed by atoms with van der Waals surface area (Å²) in [5.41, 5.74) is 6.13. The number of ether oxygens (including phenoxy) is 2. The number of nitrogens with zero attached hydrogens (tertiary/aromatic N) is 2. The fourth-order valence-electron chi connectivity index (χ4n) is 1.85. The molecule has 0 bridgehead atoms. The molecule has 1 unspecified atom stereocenters. The lowest BCUT2D eigenvalue weighted by Gasteiger charge is -2.14. The Balaban J connectivity index is 2.08. The maximum atomic E-state index is 12.1. The molecular weight excluding hydrogens is 248 g/mol. The van der Waals surface area contributed by atoms with Gasteiger partial charge in [-0.1, -0.05) is 0 Å². The number of methoxy groups -OCH3 is 2. The van der Waals surface area contributed by atoms with Gasteiger partial charge in [0.15, 0.2) is 5.56 Å². The summed E-state index contributed by atoms with van der Waals surface area (Å²) >= 11 is 0. The first kappa shape index (κ1) is 13.5. The summed E-state index contributed by atoms with van der Waals surface area (Å²) < 4.78 is 10.1. The minimum absolute atomic E-state index is 0.00873. The van der Waals surface area contributed by atoms with Gasteiger partial charge in [-0.2, -0.15) is 0 Å². The van der Waals surface area contributed by atoms with Crippen molar-refractivity contribution in [2.24, 2.45) is 11.7 Å². The van der Waals surface area contributed by atoms with Crippen LogP contribution in [0.3, 0.4) is 0 Å². The number of amides is 1. The number of carbonyl (C=O) groups is 1. The molecule has 1 fully saturated rings. The van der Waals surface area contributed by atoms with E-state index >= 15 is 0 Å². The molecule has 1 aliphatic carbocycles. The third kappa shape index (κ3) is 3.11. The lowest BCUT2D eigenvalue weighted by Crippen LogP contribution is -2.38. The fourth-order valence-corrected chi connectivity index (χ4v) is 1.85. The van der Waals surface area contributed by atoms with E-state index in [9.17, 15) is 4.79 Å². The molecule has 3 N–H and O–H groups in total. The monoisotopic (exact) mass is 266 g/mol. The van der Waals surface area contributed by atoms with Crippen LogP contribution in [0.5, 0.6) is 11.8 Å². The Bertz CT molecular complexity index is 440. The third-order valence-electron chi connectivity index (χ3n) is 3.12. The molecular formula is C12H18N4O3. The maximum Gasteiger partial charge on any atom is 0.262 e. The van der Waals surface area contributed by atoms with E-state index in [1.807, 2.05) is 0 Å². The van der Waals surface area contributed by atoms with Gasteiger partial charge in [-0.3, -0.25) is 4.79 Å². The van der Waals surface area contributed by atoms with Crippen molar-refractivity contribution in [3.8, 4) is 11.8 Å². The first-order valence-electron chi connectivity index (χ1n) is 6.14. The molecule has 0 spiro atoms. The number of nitrogens with two attached hydrogens (primary N) is 1. The summed E-state index contributed by atoms with van der Waals surface area (Å²) in [5.74, 6) is 0.551. The smallest absolute Gasteiger partial charge is 0.262 e. The van der Waals surface area contributed by atoms with Gasteiger partial charge in [-0.05, 0) is 18.8 Å². The van der Waals surface area contributed by atoms with Crippen LogP contribution < -0.4 is 20.5 Å². The number of carbonyl (C=O) groups excluding carboxylic acids is 1. The molecule has 7 nitrogen and oxygen atoms in total. The summed E-state index contributed by atoms with van der Waals surface area (Å²) in [7, 11) is 2.88. The van der Waals surface area contributed by atoms with E-state index in [0.29, 0.717) is 12.5 Å². The van der Waals surface area contributed by atoms with Crippen molar-refractivity contribution in [3.63, 3.8) is 0 Å². The molecule has 1 amide bonds. The van der Waals surface area contributed by atoms with Crippen LogP contribution in [0.2, 0.25) is 0 Å². The Kier molecular flexibility index (Phi) is 4.16. The molecule has 7 heteroatoms. The predicted molar refractivity (Wildman–Crippen MR) is 68.2 cm³/mol. The standard InChI is InChI=1S/C12H18N4O3/c1-18-11-9(12(19-2)16-6-15-11)10(17)14-5-8(13)7-3-4-7/h6-8H,3-5,13H2,1-2H3,(H,14,17). The van der Waals surface area contributed by atoms with Crippen LogP contribution in [0.4, 0.5) is 0 Å². The number of nitrogens with one attached hydrogen (secondary N) is 1. The summed E-state index contributed by atoms with van der Waals surface area (Å²) in [6.07, 6.45) is 3.56. The van der Waals surface area contributed by atoms with Crippen LogP contribution >= 0.6 is 0 Å². The highest BCUT2D eigenvalue weighted by atomic mass is 16.5. The van der Waals surface area contributed by atoms with Crippen LogP contribution in [-0.2, 0) is 0 Å². The molecule has 1 aromatic heterocycles. The molecule has 1 atom stereocenters. The number of rotatable bonds is 6. The maximum absolute atomic E-state index is 12.1. The van der Waals surface area contributed by atoms with E-state index in [1.54, 1.807) is 0 Å². The highest BCUT2D eigenvalue weighted by molar-refractivity contribution is 5.98. The Morgan fingerprint density at radius 2 is 2.00 bits per heavy atom. The van der Waals surface area contributed by atoms with E-state index in [1.165, 1.54) is 20.5 Å². The highest BCUT2D eigenvalue weighted by Crippen LogP contribution is 2.31. The average Bonchev–Trinajstić information content (AvgIpc) is 3.27. The first-order chi connectivity index (χ1) is 9.17. The van der Waals surface area contributed by atoms with E-state index < -0.39 is 0 Å². The second-order valence-corrected chi connectivity index (χ2v) is 4.48. The zero-order valence-electron chi connectivity index (χ0n) is 11.0. The van der Waals surface area contributed by atoms with E-state index in [0.717, 1.165) is 12.8 Å². The van der Waals surface area contributed by atoms with Gasteiger partial charge in [-0.15, -0.1) is 0 Å². The molecule has 2 rings (SSSR count). The van der Waals surface area contributed by atoms with Gasteiger partial charge in [0.1, 0.15) is 6.33 Å². The zero-order valence-corrected chi connectivity index (χ0v) is 11.0. The van der Waals surface area contributed by atoms with Crippen LogP contribution in [0.1, 0.15) is 23.2 Å². The van der Waals surface area contributed by atoms with Gasteiger partial charge < -0.3 is 20.5 Å². The Hall–Kier alpha value is -1.89. The first-order valence-corrected chi connectivity index (χ1v) is 6.14. The molecule has 0 radical (unpaired) electrons.